The second kappa shape index (κ2) is 4.92. The largest absolute Gasteiger partial charge is 0.391 e. The highest BCUT2D eigenvalue weighted by atomic mass is 32.1. The van der Waals surface area contributed by atoms with Crippen molar-refractivity contribution in [1.82, 2.24) is 9.97 Å². The van der Waals surface area contributed by atoms with Crippen LogP contribution < -0.4 is 16.2 Å². The van der Waals surface area contributed by atoms with Crippen molar-refractivity contribution in [3.63, 3.8) is 0 Å². The molecule has 2 aromatic rings. The Morgan fingerprint density at radius 2 is 2.37 bits per heavy atom. The van der Waals surface area contributed by atoms with E-state index < -0.39 is 0 Å². The second-order valence-corrected chi connectivity index (χ2v) is 5.83. The zero-order chi connectivity index (χ0) is 13.4. The predicted octanol–water partition coefficient (Wildman–Crippen LogP) is 1.18. The maximum Gasteiger partial charge on any atom is 0.240 e. The van der Waals surface area contributed by atoms with Crippen molar-refractivity contribution in [2.24, 2.45) is 11.8 Å². The summed E-state index contributed by atoms with van der Waals surface area (Å²) in [5.41, 5.74) is 2.50. The molecule has 0 saturated carbocycles. The number of hydrazine groups is 1. The van der Waals surface area contributed by atoms with Gasteiger partial charge in [0.2, 0.25) is 5.95 Å². The van der Waals surface area contributed by atoms with Gasteiger partial charge in [-0.05, 0) is 23.8 Å². The Morgan fingerprint density at radius 3 is 3.11 bits per heavy atom. The molecule has 2 unspecified atom stereocenters. The van der Waals surface area contributed by atoms with Crippen LogP contribution in [0, 0.1) is 5.92 Å². The van der Waals surface area contributed by atoms with Gasteiger partial charge in [-0.1, -0.05) is 6.92 Å². The van der Waals surface area contributed by atoms with Gasteiger partial charge in [0, 0.05) is 13.1 Å². The van der Waals surface area contributed by atoms with Crippen molar-refractivity contribution in [1.29, 1.82) is 0 Å². The van der Waals surface area contributed by atoms with E-state index in [1.54, 1.807) is 11.3 Å². The lowest BCUT2D eigenvalue weighted by Gasteiger charge is -2.35. The molecular weight excluding hydrogens is 262 g/mol. The van der Waals surface area contributed by atoms with Crippen LogP contribution in [0.2, 0.25) is 0 Å². The summed E-state index contributed by atoms with van der Waals surface area (Å²) in [4.78, 5) is 11.8. The number of aliphatic hydroxyl groups is 1. The fraction of sp³-hybridized carbons (Fsp3) is 0.500. The Labute approximate surface area is 115 Å². The number of fused-ring (bicyclic) bond motifs is 1. The number of thiophene rings is 1. The molecule has 2 aromatic heterocycles. The van der Waals surface area contributed by atoms with Gasteiger partial charge in [-0.2, -0.15) is 4.98 Å². The van der Waals surface area contributed by atoms with Crippen LogP contribution in [0.3, 0.4) is 0 Å². The molecule has 3 rings (SSSR count). The molecule has 1 aliphatic rings. The number of hydrogen-bond acceptors (Lipinski definition) is 7. The lowest BCUT2D eigenvalue weighted by atomic mass is 9.96. The van der Waals surface area contributed by atoms with Crippen molar-refractivity contribution >= 4 is 33.3 Å². The van der Waals surface area contributed by atoms with E-state index in [1.807, 2.05) is 11.4 Å². The average Bonchev–Trinajstić information content (AvgIpc) is 2.89. The van der Waals surface area contributed by atoms with E-state index in [-0.39, 0.29) is 6.10 Å². The molecule has 4 N–H and O–H groups in total. The van der Waals surface area contributed by atoms with E-state index in [4.69, 9.17) is 5.84 Å². The zero-order valence-electron chi connectivity index (χ0n) is 10.7. The number of aromatic nitrogens is 2. The van der Waals surface area contributed by atoms with Gasteiger partial charge in [0.15, 0.2) is 0 Å². The number of aliphatic hydroxyl groups excluding tert-OH is 1. The van der Waals surface area contributed by atoms with Crippen LogP contribution in [0.25, 0.3) is 10.2 Å². The first kappa shape index (κ1) is 12.6. The number of anilines is 2. The third kappa shape index (κ3) is 2.24. The van der Waals surface area contributed by atoms with Crippen LogP contribution in [0.4, 0.5) is 11.8 Å². The number of nitrogens with zero attached hydrogens (tertiary/aromatic N) is 3. The smallest absolute Gasteiger partial charge is 0.240 e. The molecular formula is C12H17N5OS. The van der Waals surface area contributed by atoms with Crippen LogP contribution in [0.15, 0.2) is 11.4 Å². The number of nitrogens with two attached hydrogens (primary N) is 1. The van der Waals surface area contributed by atoms with Gasteiger partial charge in [0.1, 0.15) is 10.6 Å². The fourth-order valence-electron chi connectivity index (χ4n) is 2.39. The van der Waals surface area contributed by atoms with Crippen LogP contribution in [0.1, 0.15) is 13.3 Å². The molecule has 102 valence electrons. The molecule has 1 aliphatic heterocycles. The summed E-state index contributed by atoms with van der Waals surface area (Å²) in [5, 5.41) is 13.0. The molecule has 3 heterocycles. The Balaban J connectivity index is 2.01. The number of rotatable bonds is 2. The van der Waals surface area contributed by atoms with Gasteiger partial charge < -0.3 is 10.0 Å². The highest BCUT2D eigenvalue weighted by Gasteiger charge is 2.26. The fourth-order valence-corrected chi connectivity index (χ4v) is 3.15. The summed E-state index contributed by atoms with van der Waals surface area (Å²) >= 11 is 1.56. The minimum absolute atomic E-state index is 0.313. The van der Waals surface area contributed by atoms with Crippen molar-refractivity contribution in [2.45, 2.75) is 19.4 Å². The number of hydrogen-bond donors (Lipinski definition) is 3. The predicted molar refractivity (Wildman–Crippen MR) is 77.2 cm³/mol. The summed E-state index contributed by atoms with van der Waals surface area (Å²) in [6.45, 7) is 3.58. The van der Waals surface area contributed by atoms with E-state index in [0.717, 1.165) is 29.0 Å². The van der Waals surface area contributed by atoms with Crippen molar-refractivity contribution in [3.8, 4) is 0 Å². The molecule has 0 aliphatic carbocycles. The molecule has 1 fully saturated rings. The van der Waals surface area contributed by atoms with Crippen LogP contribution in [0.5, 0.6) is 0 Å². The number of nitrogens with one attached hydrogen (secondary N) is 1. The van der Waals surface area contributed by atoms with Crippen molar-refractivity contribution in [2.75, 3.05) is 23.4 Å². The van der Waals surface area contributed by atoms with Crippen molar-refractivity contribution < 1.29 is 5.11 Å². The molecule has 1 saturated heterocycles. The van der Waals surface area contributed by atoms with Crippen molar-refractivity contribution in [3.05, 3.63) is 11.4 Å². The number of β-amino-alcohol motifs (C(OH)–C–C–N with tert-alkyl or cyclic N) is 1. The van der Waals surface area contributed by atoms with E-state index in [9.17, 15) is 5.11 Å². The van der Waals surface area contributed by atoms with Crippen LogP contribution >= 0.6 is 11.3 Å². The zero-order valence-corrected chi connectivity index (χ0v) is 11.5. The van der Waals surface area contributed by atoms with Gasteiger partial charge >= 0.3 is 0 Å². The Kier molecular flexibility index (Phi) is 3.26. The lowest BCUT2D eigenvalue weighted by molar-refractivity contribution is 0.103. The monoisotopic (exact) mass is 279 g/mol. The highest BCUT2D eigenvalue weighted by Crippen LogP contribution is 2.31. The molecule has 0 radical (unpaired) electrons. The summed E-state index contributed by atoms with van der Waals surface area (Å²) in [6, 6.07) is 2.01. The van der Waals surface area contributed by atoms with Gasteiger partial charge in [0.05, 0.1) is 11.5 Å². The van der Waals surface area contributed by atoms with E-state index in [2.05, 4.69) is 27.2 Å². The molecule has 0 bridgehead atoms. The van der Waals surface area contributed by atoms with Gasteiger partial charge in [0.25, 0.3) is 0 Å². The SMILES string of the molecule is CC1CCN(c2nc(NN)nc3sccc23)CC1O. The Bertz CT molecular complexity index is 587. The Hall–Kier alpha value is -1.44. The lowest BCUT2D eigenvalue weighted by Crippen LogP contribution is -2.43. The maximum absolute atomic E-state index is 10.0. The highest BCUT2D eigenvalue weighted by molar-refractivity contribution is 7.16. The normalized spacial score (nSPS) is 23.8. The first-order valence-electron chi connectivity index (χ1n) is 6.34. The summed E-state index contributed by atoms with van der Waals surface area (Å²) < 4.78 is 0. The minimum Gasteiger partial charge on any atom is -0.391 e. The molecule has 7 heteroatoms. The number of piperidine rings is 1. The molecule has 0 amide bonds. The van der Waals surface area contributed by atoms with Crippen LogP contribution in [-0.2, 0) is 0 Å². The summed E-state index contributed by atoms with van der Waals surface area (Å²) in [5.74, 6) is 7.02. The molecule has 6 nitrogen and oxygen atoms in total. The maximum atomic E-state index is 10.0. The molecule has 2 atom stereocenters. The van der Waals surface area contributed by atoms with E-state index in [1.165, 1.54) is 0 Å². The molecule has 0 spiro atoms. The minimum atomic E-state index is -0.313. The first-order valence-corrected chi connectivity index (χ1v) is 7.22. The Morgan fingerprint density at radius 1 is 1.53 bits per heavy atom. The van der Waals surface area contributed by atoms with Gasteiger partial charge in [-0.25, -0.2) is 10.8 Å². The number of nitrogen functional groups attached to an aromatic ring is 1. The summed E-state index contributed by atoms with van der Waals surface area (Å²) in [7, 11) is 0. The molecule has 19 heavy (non-hydrogen) atoms. The van der Waals surface area contributed by atoms with Crippen LogP contribution in [-0.4, -0.2) is 34.3 Å². The van der Waals surface area contributed by atoms with Gasteiger partial charge in [-0.15, -0.1) is 11.3 Å². The van der Waals surface area contributed by atoms with E-state index >= 15 is 0 Å². The standard InChI is InChI=1S/C12H17N5OS/c1-7-2-4-17(6-9(7)18)10-8-3-5-19-11(8)15-12(14-10)16-13/h3,5,7,9,18H,2,4,6,13H2,1H3,(H,14,15,16). The summed E-state index contributed by atoms with van der Waals surface area (Å²) in [6.07, 6.45) is 0.647. The third-order valence-electron chi connectivity index (χ3n) is 3.65. The second-order valence-electron chi connectivity index (χ2n) is 4.93. The van der Waals surface area contributed by atoms with Gasteiger partial charge in [-0.3, -0.25) is 5.43 Å². The topological polar surface area (TPSA) is 87.3 Å². The first-order chi connectivity index (χ1) is 9.19. The third-order valence-corrected chi connectivity index (χ3v) is 4.46. The average molecular weight is 279 g/mol. The quantitative estimate of drug-likeness (QED) is 0.565. The molecule has 0 aromatic carbocycles. The van der Waals surface area contributed by atoms with E-state index in [0.29, 0.717) is 18.4 Å².